The van der Waals surface area contributed by atoms with Gasteiger partial charge in [0.05, 0.1) is 27.7 Å². The number of esters is 2. The number of carbonyl (C=O) groups excluding carboxylic acids is 2. The Balaban J connectivity index is 4.05. The molecule has 0 heterocycles. The monoisotopic (exact) mass is 1170 g/mol. The first kappa shape index (κ1) is 79.5. The van der Waals surface area contributed by atoms with Crippen molar-refractivity contribution >= 4 is 19.8 Å². The molecule has 0 aliphatic carbocycles. The number of quaternary nitrogens is 1. The number of ether oxygens (including phenoxy) is 2. The number of nitrogens with zero attached hydrogens (tertiary/aromatic N) is 1. The van der Waals surface area contributed by atoms with Crippen molar-refractivity contribution in [3.05, 3.63) is 72.9 Å². The van der Waals surface area contributed by atoms with Gasteiger partial charge in [-0.3, -0.25) is 18.6 Å². The van der Waals surface area contributed by atoms with Gasteiger partial charge in [-0.15, -0.1) is 0 Å². The molecule has 0 bridgehead atoms. The van der Waals surface area contributed by atoms with E-state index < -0.39 is 26.5 Å². The molecule has 0 spiro atoms. The van der Waals surface area contributed by atoms with Gasteiger partial charge in [0.15, 0.2) is 6.10 Å². The van der Waals surface area contributed by atoms with Crippen molar-refractivity contribution in [2.24, 2.45) is 0 Å². The zero-order valence-corrected chi connectivity index (χ0v) is 55.4. The maximum atomic E-state index is 12.9. The smallest absolute Gasteiger partial charge is 0.462 e. The van der Waals surface area contributed by atoms with Gasteiger partial charge in [0.25, 0.3) is 0 Å². The third kappa shape index (κ3) is 66.6. The number of hydrogen-bond donors (Lipinski definition) is 1. The second kappa shape index (κ2) is 63.0. The summed E-state index contributed by atoms with van der Waals surface area (Å²) >= 11 is 0. The van der Waals surface area contributed by atoms with Gasteiger partial charge in [0.1, 0.15) is 19.8 Å². The van der Waals surface area contributed by atoms with Crippen LogP contribution in [0, 0.1) is 0 Å². The van der Waals surface area contributed by atoms with E-state index in [0.29, 0.717) is 23.9 Å². The number of carbonyl (C=O) groups is 2. The fraction of sp³-hybridized carbons (Fsp3) is 0.806. The maximum Gasteiger partial charge on any atom is 0.472 e. The van der Waals surface area contributed by atoms with Gasteiger partial charge in [-0.2, -0.15) is 0 Å². The van der Waals surface area contributed by atoms with Crippen LogP contribution in [0.2, 0.25) is 0 Å². The van der Waals surface area contributed by atoms with Crippen LogP contribution in [-0.4, -0.2) is 74.9 Å². The van der Waals surface area contributed by atoms with Crippen molar-refractivity contribution in [1.82, 2.24) is 0 Å². The topological polar surface area (TPSA) is 108 Å². The van der Waals surface area contributed by atoms with E-state index in [-0.39, 0.29) is 25.6 Å². The minimum absolute atomic E-state index is 0.0299. The summed E-state index contributed by atoms with van der Waals surface area (Å²) in [7, 11) is 1.48. The summed E-state index contributed by atoms with van der Waals surface area (Å²) in [5.74, 6) is -0.790. The van der Waals surface area contributed by atoms with Gasteiger partial charge < -0.3 is 18.9 Å². The second-order valence-electron chi connectivity index (χ2n) is 24.5. The first-order valence-electron chi connectivity index (χ1n) is 34.7. The van der Waals surface area contributed by atoms with Crippen LogP contribution in [-0.2, 0) is 32.7 Å². The summed E-state index contributed by atoms with van der Waals surface area (Å²) in [6, 6.07) is 0. The molecule has 0 aromatic rings. The molecule has 82 heavy (non-hydrogen) atoms. The second-order valence-corrected chi connectivity index (χ2v) is 26.0. The van der Waals surface area contributed by atoms with Crippen LogP contribution in [0.25, 0.3) is 0 Å². The minimum atomic E-state index is -4.39. The van der Waals surface area contributed by atoms with Crippen molar-refractivity contribution in [2.45, 2.75) is 328 Å². The highest BCUT2D eigenvalue weighted by molar-refractivity contribution is 7.47. The van der Waals surface area contributed by atoms with Gasteiger partial charge in [-0.05, 0) is 64.2 Å². The van der Waals surface area contributed by atoms with E-state index in [1.165, 1.54) is 205 Å². The van der Waals surface area contributed by atoms with E-state index in [4.69, 9.17) is 18.5 Å². The van der Waals surface area contributed by atoms with E-state index in [9.17, 15) is 19.0 Å². The van der Waals surface area contributed by atoms with E-state index >= 15 is 0 Å². The Labute approximate surface area is 508 Å². The van der Waals surface area contributed by atoms with Gasteiger partial charge in [0.2, 0.25) is 0 Å². The number of unbranched alkanes of at least 4 members (excludes halogenated alkanes) is 38. The number of allylic oxidation sites excluding steroid dienone is 12. The van der Waals surface area contributed by atoms with Crippen LogP contribution in [0.1, 0.15) is 322 Å². The summed E-state index contributed by atoms with van der Waals surface area (Å²) in [6.07, 6.45) is 84.3. The molecule has 0 aliphatic heterocycles. The fourth-order valence-electron chi connectivity index (χ4n) is 9.96. The third-order valence-electron chi connectivity index (χ3n) is 15.3. The molecule has 0 aliphatic rings. The molecule has 1 N–H and O–H groups in total. The van der Waals surface area contributed by atoms with E-state index in [2.05, 4.69) is 86.8 Å². The summed E-state index contributed by atoms with van der Waals surface area (Å²) in [5.41, 5.74) is 0. The zero-order valence-electron chi connectivity index (χ0n) is 54.5. The van der Waals surface area contributed by atoms with Gasteiger partial charge in [0, 0.05) is 12.8 Å². The molecule has 2 unspecified atom stereocenters. The molecule has 0 aromatic carbocycles. The third-order valence-corrected chi connectivity index (χ3v) is 16.2. The number of likely N-dealkylation sites (N-methyl/N-ethyl adjacent to an activating group) is 1. The predicted octanol–water partition coefficient (Wildman–Crippen LogP) is 22.4. The van der Waals surface area contributed by atoms with Crippen molar-refractivity contribution in [1.29, 1.82) is 0 Å². The van der Waals surface area contributed by atoms with Crippen LogP contribution < -0.4 is 0 Å². The Morgan fingerprint density at radius 1 is 0.390 bits per heavy atom. The van der Waals surface area contributed by atoms with E-state index in [1.54, 1.807) is 0 Å². The standard InChI is InChI=1S/C72H132NO8P/c1-6-8-10-12-14-16-18-20-22-24-26-28-30-32-34-36-38-40-42-44-46-48-50-52-54-56-58-60-62-64-71(74)78-68-70(69-80-82(76,77)79-67-66-73(3,4)5)81-72(75)65-63-61-59-57-55-53-51-49-47-45-43-41-39-37-35-33-31-29-27-25-23-21-19-17-15-13-11-9-7-2/h9,11,15,17,21,23,27,29,33,35,39,41,70H,6-8,10,12-14,16,18-20,22,24-26,28,30-32,34,36-38,40,42-69H2,1-5H3/p+1/b11-9-,17-15-,23-21-,29-27-,35-33-,41-39-. The molecule has 0 rings (SSSR count). The summed E-state index contributed by atoms with van der Waals surface area (Å²) in [6.45, 7) is 4.36. The highest BCUT2D eigenvalue weighted by Gasteiger charge is 2.27. The fourth-order valence-corrected chi connectivity index (χ4v) is 10.7. The van der Waals surface area contributed by atoms with Crippen molar-refractivity contribution in [3.63, 3.8) is 0 Å². The maximum absolute atomic E-state index is 12.9. The van der Waals surface area contributed by atoms with Gasteiger partial charge in [-0.1, -0.05) is 318 Å². The molecule has 0 saturated carbocycles. The van der Waals surface area contributed by atoms with Gasteiger partial charge in [-0.25, -0.2) is 4.57 Å². The molecular weight excluding hydrogens is 1040 g/mol. The Bertz CT molecular complexity index is 1610. The predicted molar refractivity (Wildman–Crippen MR) is 353 cm³/mol. The number of rotatable bonds is 64. The number of phosphoric acid groups is 1. The lowest BCUT2D eigenvalue weighted by Gasteiger charge is -2.24. The normalized spacial score (nSPS) is 13.6. The van der Waals surface area contributed by atoms with Crippen LogP contribution in [0.5, 0.6) is 0 Å². The Morgan fingerprint density at radius 3 is 1.04 bits per heavy atom. The molecule has 0 aromatic heterocycles. The molecule has 9 nitrogen and oxygen atoms in total. The highest BCUT2D eigenvalue weighted by atomic mass is 31.2. The Hall–Kier alpha value is -2.55. The van der Waals surface area contributed by atoms with Crippen molar-refractivity contribution in [3.8, 4) is 0 Å². The zero-order chi connectivity index (χ0) is 59.8. The lowest BCUT2D eigenvalue weighted by Crippen LogP contribution is -2.37. The molecular formula is C72H133NO8P+. The minimum Gasteiger partial charge on any atom is -0.462 e. The highest BCUT2D eigenvalue weighted by Crippen LogP contribution is 2.43. The lowest BCUT2D eigenvalue weighted by molar-refractivity contribution is -0.870. The Morgan fingerprint density at radius 2 is 0.695 bits per heavy atom. The van der Waals surface area contributed by atoms with Crippen molar-refractivity contribution in [2.75, 3.05) is 47.5 Å². The van der Waals surface area contributed by atoms with Crippen LogP contribution in [0.4, 0.5) is 0 Å². The average Bonchev–Trinajstić information content (AvgIpc) is 3.45. The summed E-state index contributed by atoms with van der Waals surface area (Å²) in [5, 5.41) is 0. The number of phosphoric ester groups is 1. The van der Waals surface area contributed by atoms with Gasteiger partial charge >= 0.3 is 19.8 Å². The molecule has 478 valence electrons. The number of hydrogen-bond acceptors (Lipinski definition) is 7. The SMILES string of the molecule is CC/C=C\C/C=C\C/C=C\C/C=C\C/C=C\C/C=C\CCCCCCCCCCCCC(=O)OC(COC(=O)CCCCCCCCCCCCCCCCCCCCCCCCCCCCCCC)COP(=O)(O)OCC[N+](C)(C)C. The summed E-state index contributed by atoms with van der Waals surface area (Å²) in [4.78, 5) is 35.9. The first-order chi connectivity index (χ1) is 40.0. The molecule has 0 radical (unpaired) electrons. The Kier molecular flexibility index (Phi) is 61.0. The molecule has 0 fully saturated rings. The average molecular weight is 1170 g/mol. The molecule has 2 atom stereocenters. The van der Waals surface area contributed by atoms with Crippen LogP contribution in [0.15, 0.2) is 72.9 Å². The van der Waals surface area contributed by atoms with E-state index in [0.717, 1.165) is 83.5 Å². The first-order valence-corrected chi connectivity index (χ1v) is 36.2. The summed E-state index contributed by atoms with van der Waals surface area (Å²) < 4.78 is 34.7. The largest absolute Gasteiger partial charge is 0.472 e. The lowest BCUT2D eigenvalue weighted by atomic mass is 10.0. The molecule has 10 heteroatoms. The van der Waals surface area contributed by atoms with Crippen LogP contribution in [0.3, 0.4) is 0 Å². The quantitative estimate of drug-likeness (QED) is 0.0211. The molecule has 0 amide bonds. The molecule has 0 saturated heterocycles. The van der Waals surface area contributed by atoms with Crippen LogP contribution >= 0.6 is 7.82 Å². The van der Waals surface area contributed by atoms with E-state index in [1.807, 2.05) is 21.1 Å². The van der Waals surface area contributed by atoms with Crippen molar-refractivity contribution < 1.29 is 42.1 Å².